The summed E-state index contributed by atoms with van der Waals surface area (Å²) in [6.07, 6.45) is 2.10. The zero-order valence-electron chi connectivity index (χ0n) is 10.7. The van der Waals surface area contributed by atoms with Crippen LogP contribution in [0.5, 0.6) is 0 Å². The number of fused-ring (bicyclic) bond motifs is 1. The van der Waals surface area contributed by atoms with Gasteiger partial charge in [0.25, 0.3) is 0 Å². The molecule has 0 saturated heterocycles. The highest BCUT2D eigenvalue weighted by molar-refractivity contribution is 8.13. The Morgan fingerprint density at radius 2 is 1.69 bits per heavy atom. The Kier molecular flexibility index (Phi) is 2.66. The molecule has 86 valence electrons. The molecule has 1 nitrogen and oxygen atoms in total. The van der Waals surface area contributed by atoms with Crippen LogP contribution in [-0.4, -0.2) is 16.8 Å². The fourth-order valence-corrected chi connectivity index (χ4v) is 2.87. The average Bonchev–Trinajstić information content (AvgIpc) is 2.24. The van der Waals surface area contributed by atoms with Gasteiger partial charge in [-0.15, -0.1) is 11.8 Å². The van der Waals surface area contributed by atoms with E-state index in [1.54, 1.807) is 11.8 Å². The largest absolute Gasteiger partial charge is 0.271 e. The van der Waals surface area contributed by atoms with Crippen LogP contribution in [-0.2, 0) is 5.41 Å². The van der Waals surface area contributed by atoms with Gasteiger partial charge in [-0.05, 0) is 25.7 Å². The topological polar surface area (TPSA) is 12.4 Å². The summed E-state index contributed by atoms with van der Waals surface area (Å²) in [6.45, 7) is 9.01. The first-order valence-corrected chi connectivity index (χ1v) is 6.86. The minimum atomic E-state index is -0.0420. The van der Waals surface area contributed by atoms with E-state index in [9.17, 15) is 0 Å². The van der Waals surface area contributed by atoms with Gasteiger partial charge in [0, 0.05) is 11.0 Å². The van der Waals surface area contributed by atoms with E-state index in [0.29, 0.717) is 0 Å². The molecule has 1 heterocycles. The fraction of sp³-hybridized carbons (Fsp3) is 0.500. The van der Waals surface area contributed by atoms with Crippen LogP contribution in [0.15, 0.2) is 29.3 Å². The quantitative estimate of drug-likeness (QED) is 0.662. The summed E-state index contributed by atoms with van der Waals surface area (Å²) < 4.78 is 0. The van der Waals surface area contributed by atoms with Crippen molar-refractivity contribution in [2.24, 2.45) is 4.99 Å². The highest BCUT2D eigenvalue weighted by atomic mass is 32.2. The molecule has 2 heteroatoms. The molecular weight excluding hydrogens is 214 g/mol. The summed E-state index contributed by atoms with van der Waals surface area (Å²) in [5.74, 6) is 0. The molecule has 0 radical (unpaired) electrons. The smallest absolute Gasteiger partial charge is 0.0984 e. The Balaban J connectivity index is 2.71. The normalized spacial score (nSPS) is 21.2. The zero-order valence-corrected chi connectivity index (χ0v) is 11.5. The maximum atomic E-state index is 4.91. The van der Waals surface area contributed by atoms with Gasteiger partial charge >= 0.3 is 0 Å². The van der Waals surface area contributed by atoms with E-state index in [0.717, 1.165) is 0 Å². The molecule has 0 atom stereocenters. The molecule has 1 aliphatic heterocycles. The van der Waals surface area contributed by atoms with Crippen molar-refractivity contribution in [2.75, 3.05) is 6.26 Å². The summed E-state index contributed by atoms with van der Waals surface area (Å²) in [5.41, 5.74) is 2.77. The van der Waals surface area contributed by atoms with Crippen LogP contribution in [0.4, 0.5) is 0 Å². The minimum Gasteiger partial charge on any atom is -0.271 e. The Morgan fingerprint density at radius 3 is 2.31 bits per heavy atom. The zero-order chi connectivity index (χ0) is 12.0. The molecule has 0 fully saturated rings. The molecule has 1 aromatic carbocycles. The number of benzene rings is 1. The Bertz CT molecular complexity index is 444. The van der Waals surface area contributed by atoms with Gasteiger partial charge in [0.15, 0.2) is 0 Å². The molecule has 0 bridgehead atoms. The summed E-state index contributed by atoms with van der Waals surface area (Å²) in [6, 6.07) is 8.64. The minimum absolute atomic E-state index is 0.0420. The van der Waals surface area contributed by atoms with Crippen LogP contribution in [0.25, 0.3) is 0 Å². The average molecular weight is 233 g/mol. The van der Waals surface area contributed by atoms with Gasteiger partial charge in [-0.25, -0.2) is 0 Å². The fourth-order valence-electron chi connectivity index (χ4n) is 2.15. The lowest BCUT2D eigenvalue weighted by Gasteiger charge is -2.44. The van der Waals surface area contributed by atoms with E-state index < -0.39 is 0 Å². The predicted octanol–water partition coefficient (Wildman–Crippen LogP) is 3.87. The maximum Gasteiger partial charge on any atom is 0.0984 e. The lowest BCUT2D eigenvalue weighted by atomic mass is 9.67. The number of aliphatic imine (C=N–C) groups is 1. The van der Waals surface area contributed by atoms with Crippen molar-refractivity contribution in [1.29, 1.82) is 0 Å². The molecular formula is C14H19NS. The van der Waals surface area contributed by atoms with E-state index in [4.69, 9.17) is 4.99 Å². The third kappa shape index (κ3) is 1.51. The van der Waals surface area contributed by atoms with Gasteiger partial charge in [0.05, 0.1) is 10.6 Å². The van der Waals surface area contributed by atoms with Crippen LogP contribution < -0.4 is 0 Å². The van der Waals surface area contributed by atoms with Crippen molar-refractivity contribution >= 4 is 16.8 Å². The Morgan fingerprint density at radius 1 is 1.06 bits per heavy atom. The van der Waals surface area contributed by atoms with Crippen molar-refractivity contribution in [1.82, 2.24) is 0 Å². The van der Waals surface area contributed by atoms with E-state index in [-0.39, 0.29) is 11.0 Å². The van der Waals surface area contributed by atoms with Gasteiger partial charge in [-0.1, -0.05) is 38.1 Å². The van der Waals surface area contributed by atoms with Crippen molar-refractivity contribution in [3.8, 4) is 0 Å². The highest BCUT2D eigenvalue weighted by Crippen LogP contribution is 2.43. The molecule has 0 spiro atoms. The number of rotatable bonds is 0. The van der Waals surface area contributed by atoms with Gasteiger partial charge in [-0.3, -0.25) is 4.99 Å². The Hall–Kier alpha value is -0.760. The van der Waals surface area contributed by atoms with Crippen molar-refractivity contribution in [3.63, 3.8) is 0 Å². The van der Waals surface area contributed by atoms with Crippen molar-refractivity contribution in [3.05, 3.63) is 35.4 Å². The molecule has 0 N–H and O–H groups in total. The first kappa shape index (κ1) is 11.7. The lowest BCUT2D eigenvalue weighted by molar-refractivity contribution is 0.304. The number of nitrogens with zero attached hydrogens (tertiary/aromatic N) is 1. The molecule has 0 unspecified atom stereocenters. The van der Waals surface area contributed by atoms with Crippen LogP contribution in [0.2, 0.25) is 0 Å². The van der Waals surface area contributed by atoms with Gasteiger partial charge in [0.2, 0.25) is 0 Å². The second-order valence-electron chi connectivity index (χ2n) is 5.35. The second-order valence-corrected chi connectivity index (χ2v) is 6.15. The lowest BCUT2D eigenvalue weighted by Crippen LogP contribution is -2.45. The summed E-state index contributed by atoms with van der Waals surface area (Å²) in [5, 5.41) is 1.17. The molecule has 0 saturated carbocycles. The van der Waals surface area contributed by atoms with E-state index in [1.807, 2.05) is 0 Å². The molecule has 0 amide bonds. The van der Waals surface area contributed by atoms with E-state index in [1.165, 1.54) is 16.2 Å². The molecule has 0 aliphatic carbocycles. The standard InChI is InChI=1S/C14H19NS/c1-13(2)11-9-7-6-8-10(11)12(16-5)15-14(13,3)4/h6-9H,1-5H3. The molecule has 16 heavy (non-hydrogen) atoms. The summed E-state index contributed by atoms with van der Waals surface area (Å²) in [7, 11) is 0. The van der Waals surface area contributed by atoms with Crippen LogP contribution in [0.3, 0.4) is 0 Å². The maximum absolute atomic E-state index is 4.91. The molecule has 1 aliphatic rings. The molecule has 0 aromatic heterocycles. The SMILES string of the molecule is CSC1=NC(C)(C)C(C)(C)c2ccccc21. The van der Waals surface area contributed by atoms with Crippen LogP contribution in [0, 0.1) is 0 Å². The number of hydrogen-bond donors (Lipinski definition) is 0. The van der Waals surface area contributed by atoms with Gasteiger partial charge in [0.1, 0.15) is 0 Å². The van der Waals surface area contributed by atoms with Crippen LogP contribution in [0.1, 0.15) is 38.8 Å². The Labute approximate surface area is 102 Å². The summed E-state index contributed by atoms with van der Waals surface area (Å²) >= 11 is 1.74. The first-order chi connectivity index (χ1) is 7.40. The van der Waals surface area contributed by atoms with Gasteiger partial charge in [-0.2, -0.15) is 0 Å². The van der Waals surface area contributed by atoms with Crippen molar-refractivity contribution in [2.45, 2.75) is 38.6 Å². The molecule has 2 rings (SSSR count). The summed E-state index contributed by atoms with van der Waals surface area (Å²) in [4.78, 5) is 4.91. The predicted molar refractivity (Wildman–Crippen MR) is 73.6 cm³/mol. The third-order valence-electron chi connectivity index (χ3n) is 3.93. The second kappa shape index (κ2) is 3.63. The van der Waals surface area contributed by atoms with Crippen LogP contribution >= 0.6 is 11.8 Å². The van der Waals surface area contributed by atoms with E-state index >= 15 is 0 Å². The monoisotopic (exact) mass is 233 g/mol. The first-order valence-electron chi connectivity index (χ1n) is 5.64. The van der Waals surface area contributed by atoms with E-state index in [2.05, 4.69) is 58.2 Å². The highest BCUT2D eigenvalue weighted by Gasteiger charge is 2.43. The van der Waals surface area contributed by atoms with Crippen molar-refractivity contribution < 1.29 is 0 Å². The van der Waals surface area contributed by atoms with Gasteiger partial charge < -0.3 is 0 Å². The number of thioether (sulfide) groups is 1. The third-order valence-corrected chi connectivity index (χ3v) is 4.63. The molecule has 1 aromatic rings. The number of hydrogen-bond acceptors (Lipinski definition) is 2.